The van der Waals surface area contributed by atoms with Crippen molar-refractivity contribution in [3.8, 4) is 0 Å². The second-order valence-electron chi connectivity index (χ2n) is 5.38. The molecule has 0 bridgehead atoms. The molecule has 1 saturated carbocycles. The van der Waals surface area contributed by atoms with Crippen molar-refractivity contribution >= 4 is 28.8 Å². The van der Waals surface area contributed by atoms with Gasteiger partial charge in [0.25, 0.3) is 5.91 Å². The van der Waals surface area contributed by atoms with E-state index in [1.165, 1.54) is 0 Å². The van der Waals surface area contributed by atoms with E-state index >= 15 is 0 Å². The first-order valence-corrected chi connectivity index (χ1v) is 7.81. The fourth-order valence-corrected chi connectivity index (χ4v) is 3.75. The Hall–Kier alpha value is -1.36. The summed E-state index contributed by atoms with van der Waals surface area (Å²) in [5.41, 5.74) is 0.282. The van der Waals surface area contributed by atoms with Crippen molar-refractivity contribution in [2.75, 3.05) is 11.4 Å². The SMILES string of the molecule is O=C1CCN(c2ccsc2)C(=O)C2(CCCCC2)N1. The monoisotopic (exact) mass is 278 g/mol. The van der Waals surface area contributed by atoms with Gasteiger partial charge in [0.1, 0.15) is 5.54 Å². The van der Waals surface area contributed by atoms with Gasteiger partial charge >= 0.3 is 0 Å². The van der Waals surface area contributed by atoms with Crippen LogP contribution in [-0.4, -0.2) is 23.9 Å². The molecule has 1 spiro atoms. The first-order chi connectivity index (χ1) is 9.21. The van der Waals surface area contributed by atoms with Crippen molar-refractivity contribution in [1.29, 1.82) is 0 Å². The van der Waals surface area contributed by atoms with Crippen molar-refractivity contribution < 1.29 is 9.59 Å². The van der Waals surface area contributed by atoms with Crippen LogP contribution in [0.2, 0.25) is 0 Å². The van der Waals surface area contributed by atoms with E-state index in [1.54, 1.807) is 16.2 Å². The summed E-state index contributed by atoms with van der Waals surface area (Å²) in [4.78, 5) is 26.6. The minimum absolute atomic E-state index is 0.00739. The molecule has 2 amide bonds. The lowest BCUT2D eigenvalue weighted by Crippen LogP contribution is -2.58. The van der Waals surface area contributed by atoms with Gasteiger partial charge in [0, 0.05) is 18.3 Å². The van der Waals surface area contributed by atoms with Crippen LogP contribution in [-0.2, 0) is 9.59 Å². The molecule has 2 aliphatic rings. The first-order valence-electron chi connectivity index (χ1n) is 6.86. The molecular formula is C14H18N2O2S. The third-order valence-corrected chi connectivity index (χ3v) is 4.79. The van der Waals surface area contributed by atoms with Crippen molar-refractivity contribution in [3.05, 3.63) is 16.8 Å². The molecule has 5 heteroatoms. The molecule has 0 atom stereocenters. The van der Waals surface area contributed by atoms with E-state index in [-0.39, 0.29) is 11.8 Å². The summed E-state index contributed by atoms with van der Waals surface area (Å²) in [7, 11) is 0. The van der Waals surface area contributed by atoms with E-state index in [1.807, 2.05) is 16.8 Å². The van der Waals surface area contributed by atoms with E-state index in [9.17, 15) is 9.59 Å². The number of rotatable bonds is 1. The Morgan fingerprint density at radius 1 is 1.21 bits per heavy atom. The van der Waals surface area contributed by atoms with Gasteiger partial charge < -0.3 is 10.2 Å². The zero-order valence-electron chi connectivity index (χ0n) is 10.9. The molecule has 19 heavy (non-hydrogen) atoms. The minimum Gasteiger partial charge on any atom is -0.342 e. The minimum atomic E-state index is -0.645. The highest BCUT2D eigenvalue weighted by atomic mass is 32.1. The highest BCUT2D eigenvalue weighted by Crippen LogP contribution is 2.33. The normalized spacial score (nSPS) is 23.3. The Labute approximate surface area is 116 Å². The van der Waals surface area contributed by atoms with Crippen LogP contribution in [0.25, 0.3) is 0 Å². The molecule has 102 valence electrons. The molecule has 3 rings (SSSR count). The maximum atomic E-state index is 12.9. The highest BCUT2D eigenvalue weighted by molar-refractivity contribution is 7.08. The molecular weight excluding hydrogens is 260 g/mol. The second-order valence-corrected chi connectivity index (χ2v) is 6.16. The lowest BCUT2D eigenvalue weighted by Gasteiger charge is -2.37. The molecule has 1 aromatic rings. The number of hydrogen-bond donors (Lipinski definition) is 1. The quantitative estimate of drug-likeness (QED) is 0.857. The predicted molar refractivity (Wildman–Crippen MR) is 75.2 cm³/mol. The van der Waals surface area contributed by atoms with Crippen LogP contribution in [0.5, 0.6) is 0 Å². The average Bonchev–Trinajstić information content (AvgIpc) is 2.90. The van der Waals surface area contributed by atoms with Crippen LogP contribution in [0, 0.1) is 0 Å². The van der Waals surface area contributed by atoms with Gasteiger partial charge in [-0.15, -0.1) is 0 Å². The maximum Gasteiger partial charge on any atom is 0.252 e. The third kappa shape index (κ3) is 2.27. The van der Waals surface area contributed by atoms with Crippen LogP contribution in [0.4, 0.5) is 5.69 Å². The first kappa shape index (κ1) is 12.7. The summed E-state index contributed by atoms with van der Waals surface area (Å²) in [5.74, 6) is 0.0874. The van der Waals surface area contributed by atoms with Crippen molar-refractivity contribution in [2.45, 2.75) is 44.1 Å². The zero-order valence-corrected chi connectivity index (χ0v) is 11.7. The number of amides is 2. The second kappa shape index (κ2) is 4.96. The van der Waals surface area contributed by atoms with E-state index in [0.29, 0.717) is 13.0 Å². The lowest BCUT2D eigenvalue weighted by atomic mass is 9.80. The van der Waals surface area contributed by atoms with Gasteiger partial charge in [0.2, 0.25) is 5.91 Å². The zero-order chi connectivity index (χ0) is 13.3. The van der Waals surface area contributed by atoms with Crippen LogP contribution in [0.15, 0.2) is 16.8 Å². The van der Waals surface area contributed by atoms with Crippen LogP contribution in [0.3, 0.4) is 0 Å². The van der Waals surface area contributed by atoms with Crippen molar-refractivity contribution in [2.24, 2.45) is 0 Å². The van der Waals surface area contributed by atoms with Crippen molar-refractivity contribution in [1.82, 2.24) is 5.32 Å². The Balaban J connectivity index is 1.94. The summed E-state index contributed by atoms with van der Waals surface area (Å²) >= 11 is 1.58. The number of anilines is 1. The van der Waals surface area contributed by atoms with Gasteiger partial charge in [-0.3, -0.25) is 9.59 Å². The van der Waals surface area contributed by atoms with Crippen LogP contribution >= 0.6 is 11.3 Å². The third-order valence-electron chi connectivity index (χ3n) is 4.12. The molecule has 1 aromatic heterocycles. The predicted octanol–water partition coefficient (Wildman–Crippen LogP) is 2.30. The van der Waals surface area contributed by atoms with Gasteiger partial charge in [-0.05, 0) is 24.3 Å². The Kier molecular flexibility index (Phi) is 3.31. The van der Waals surface area contributed by atoms with E-state index in [2.05, 4.69) is 5.32 Å². The molecule has 1 saturated heterocycles. The van der Waals surface area contributed by atoms with Gasteiger partial charge in [0.05, 0.1) is 5.69 Å². The van der Waals surface area contributed by atoms with Crippen LogP contribution < -0.4 is 10.2 Å². The summed E-state index contributed by atoms with van der Waals surface area (Å²) in [6, 6.07) is 1.95. The molecule has 1 aliphatic heterocycles. The molecule has 0 unspecified atom stereocenters. The summed E-state index contributed by atoms with van der Waals surface area (Å²) in [6.45, 7) is 0.489. The molecule has 2 fully saturated rings. The number of nitrogens with one attached hydrogen (secondary N) is 1. The fourth-order valence-electron chi connectivity index (χ4n) is 3.11. The summed E-state index contributed by atoms with van der Waals surface area (Å²) in [6.07, 6.45) is 5.14. The number of carbonyl (C=O) groups is 2. The Morgan fingerprint density at radius 2 is 2.00 bits per heavy atom. The largest absolute Gasteiger partial charge is 0.342 e. The van der Waals surface area contributed by atoms with Gasteiger partial charge in [-0.2, -0.15) is 11.3 Å². The summed E-state index contributed by atoms with van der Waals surface area (Å²) < 4.78 is 0. The smallest absolute Gasteiger partial charge is 0.252 e. The Morgan fingerprint density at radius 3 is 2.68 bits per heavy atom. The maximum absolute atomic E-state index is 12.9. The number of nitrogens with zero attached hydrogens (tertiary/aromatic N) is 1. The topological polar surface area (TPSA) is 49.4 Å². The fraction of sp³-hybridized carbons (Fsp3) is 0.571. The van der Waals surface area contributed by atoms with Crippen molar-refractivity contribution in [3.63, 3.8) is 0 Å². The van der Waals surface area contributed by atoms with E-state index in [0.717, 1.165) is 37.8 Å². The van der Waals surface area contributed by atoms with Gasteiger partial charge in [0.15, 0.2) is 0 Å². The number of carbonyl (C=O) groups excluding carboxylic acids is 2. The lowest BCUT2D eigenvalue weighted by molar-refractivity contribution is -0.131. The summed E-state index contributed by atoms with van der Waals surface area (Å²) in [5, 5.41) is 6.95. The Bertz CT molecular complexity index is 478. The van der Waals surface area contributed by atoms with Gasteiger partial charge in [-0.25, -0.2) is 0 Å². The molecule has 1 N–H and O–H groups in total. The number of hydrogen-bond acceptors (Lipinski definition) is 3. The van der Waals surface area contributed by atoms with Crippen LogP contribution in [0.1, 0.15) is 38.5 Å². The standard InChI is InChI=1S/C14H18N2O2S/c17-12-4-8-16(11-5-9-19-10-11)13(18)14(15-12)6-2-1-3-7-14/h5,9-10H,1-4,6-8H2,(H,15,17). The average molecular weight is 278 g/mol. The highest BCUT2D eigenvalue weighted by Gasteiger charge is 2.45. The number of thiophene rings is 1. The van der Waals surface area contributed by atoms with Gasteiger partial charge in [-0.1, -0.05) is 19.3 Å². The molecule has 2 heterocycles. The molecule has 4 nitrogen and oxygen atoms in total. The molecule has 0 aromatic carbocycles. The van der Waals surface area contributed by atoms with E-state index < -0.39 is 5.54 Å². The van der Waals surface area contributed by atoms with E-state index in [4.69, 9.17) is 0 Å². The molecule has 0 radical (unpaired) electrons. The molecule has 1 aliphatic carbocycles.